The van der Waals surface area contributed by atoms with Gasteiger partial charge in [-0.1, -0.05) is 20.3 Å². The minimum absolute atomic E-state index is 0.00380. The van der Waals surface area contributed by atoms with E-state index in [1.807, 2.05) is 6.92 Å². The molecule has 13 heavy (non-hydrogen) atoms. The van der Waals surface area contributed by atoms with E-state index in [1.54, 1.807) is 0 Å². The minimum Gasteiger partial charge on any atom is -0.310 e. The normalized spacial score (nSPS) is 10.4. The van der Waals surface area contributed by atoms with Gasteiger partial charge >= 0.3 is 0 Å². The highest BCUT2D eigenvalue weighted by atomic mass is 127. The molecule has 72 valence electrons. The SMILES string of the molecule is CCCc1nc(CC)[nH]c(=O)c1I. The molecule has 0 amide bonds. The second-order valence-corrected chi connectivity index (χ2v) is 3.96. The predicted molar refractivity (Wildman–Crippen MR) is 60.9 cm³/mol. The Morgan fingerprint density at radius 1 is 1.46 bits per heavy atom. The van der Waals surface area contributed by atoms with Crippen molar-refractivity contribution in [2.24, 2.45) is 0 Å². The van der Waals surface area contributed by atoms with E-state index in [1.165, 1.54) is 0 Å². The van der Waals surface area contributed by atoms with E-state index in [-0.39, 0.29) is 5.56 Å². The smallest absolute Gasteiger partial charge is 0.264 e. The first-order valence-electron chi connectivity index (χ1n) is 4.46. The second-order valence-electron chi connectivity index (χ2n) is 2.88. The molecule has 0 aromatic carbocycles. The van der Waals surface area contributed by atoms with Gasteiger partial charge in [-0.25, -0.2) is 4.98 Å². The topological polar surface area (TPSA) is 45.8 Å². The Hall–Kier alpha value is -0.390. The summed E-state index contributed by atoms with van der Waals surface area (Å²) in [5.74, 6) is 0.786. The third-order valence-corrected chi connectivity index (χ3v) is 2.91. The molecule has 0 aliphatic rings. The van der Waals surface area contributed by atoms with Crippen LogP contribution in [0.3, 0.4) is 0 Å². The van der Waals surface area contributed by atoms with Gasteiger partial charge in [-0.3, -0.25) is 4.79 Å². The lowest BCUT2D eigenvalue weighted by Gasteiger charge is -2.03. The molecule has 0 spiro atoms. The van der Waals surface area contributed by atoms with Gasteiger partial charge < -0.3 is 4.98 Å². The summed E-state index contributed by atoms with van der Waals surface area (Å²) in [7, 11) is 0. The molecule has 0 saturated carbocycles. The predicted octanol–water partition coefficient (Wildman–Crippen LogP) is 1.89. The van der Waals surface area contributed by atoms with Gasteiger partial charge in [-0.2, -0.15) is 0 Å². The average molecular weight is 292 g/mol. The van der Waals surface area contributed by atoms with Gasteiger partial charge in [0.05, 0.1) is 9.26 Å². The summed E-state index contributed by atoms with van der Waals surface area (Å²) in [6.45, 7) is 4.07. The lowest BCUT2D eigenvalue weighted by Crippen LogP contribution is -2.17. The Kier molecular flexibility index (Phi) is 3.90. The third kappa shape index (κ3) is 2.52. The molecule has 3 nitrogen and oxygen atoms in total. The van der Waals surface area contributed by atoms with Crippen molar-refractivity contribution >= 4 is 22.6 Å². The molecule has 0 bridgehead atoms. The van der Waals surface area contributed by atoms with E-state index in [0.29, 0.717) is 0 Å². The second kappa shape index (κ2) is 4.74. The number of hydrogen-bond acceptors (Lipinski definition) is 2. The van der Waals surface area contributed by atoms with Crippen molar-refractivity contribution in [2.45, 2.75) is 33.1 Å². The highest BCUT2D eigenvalue weighted by molar-refractivity contribution is 14.1. The maximum absolute atomic E-state index is 11.4. The van der Waals surface area contributed by atoms with Crippen LogP contribution in [0.25, 0.3) is 0 Å². The van der Waals surface area contributed by atoms with Crippen molar-refractivity contribution in [1.82, 2.24) is 9.97 Å². The van der Waals surface area contributed by atoms with Crippen LogP contribution in [0, 0.1) is 3.57 Å². The van der Waals surface area contributed by atoms with E-state index in [0.717, 1.165) is 34.4 Å². The van der Waals surface area contributed by atoms with Crippen molar-refractivity contribution in [3.05, 3.63) is 25.4 Å². The molecule has 1 N–H and O–H groups in total. The number of H-pyrrole nitrogens is 1. The van der Waals surface area contributed by atoms with Crippen LogP contribution in [-0.2, 0) is 12.8 Å². The summed E-state index contributed by atoms with van der Waals surface area (Å²) in [4.78, 5) is 18.5. The van der Waals surface area contributed by atoms with E-state index in [4.69, 9.17) is 0 Å². The summed E-state index contributed by atoms with van der Waals surface area (Å²) < 4.78 is 0.733. The fourth-order valence-electron chi connectivity index (χ4n) is 1.13. The fourth-order valence-corrected chi connectivity index (χ4v) is 1.65. The number of nitrogens with zero attached hydrogens (tertiary/aromatic N) is 1. The van der Waals surface area contributed by atoms with Crippen LogP contribution in [0.5, 0.6) is 0 Å². The molecule has 0 atom stereocenters. The van der Waals surface area contributed by atoms with Crippen LogP contribution >= 0.6 is 22.6 Å². The fraction of sp³-hybridized carbons (Fsp3) is 0.556. The maximum Gasteiger partial charge on any atom is 0.264 e. The summed E-state index contributed by atoms with van der Waals surface area (Å²) in [5.41, 5.74) is 0.930. The largest absolute Gasteiger partial charge is 0.310 e. The van der Waals surface area contributed by atoms with E-state index in [2.05, 4.69) is 39.5 Å². The van der Waals surface area contributed by atoms with Crippen molar-refractivity contribution in [3.63, 3.8) is 0 Å². The highest BCUT2D eigenvalue weighted by Gasteiger charge is 2.06. The van der Waals surface area contributed by atoms with Gasteiger partial charge in [-0.15, -0.1) is 0 Å². The number of halogens is 1. The maximum atomic E-state index is 11.4. The monoisotopic (exact) mass is 292 g/mol. The zero-order valence-electron chi connectivity index (χ0n) is 7.85. The minimum atomic E-state index is -0.00380. The highest BCUT2D eigenvalue weighted by Crippen LogP contribution is 2.06. The van der Waals surface area contributed by atoms with Crippen molar-refractivity contribution in [2.75, 3.05) is 0 Å². The van der Waals surface area contributed by atoms with Gasteiger partial charge in [0.15, 0.2) is 0 Å². The van der Waals surface area contributed by atoms with Gasteiger partial charge in [0.1, 0.15) is 5.82 Å². The van der Waals surface area contributed by atoms with Crippen LogP contribution in [0.1, 0.15) is 31.8 Å². The number of aryl methyl sites for hydroxylation is 2. The van der Waals surface area contributed by atoms with Crippen LogP contribution in [-0.4, -0.2) is 9.97 Å². The number of nitrogens with one attached hydrogen (secondary N) is 1. The van der Waals surface area contributed by atoms with Gasteiger partial charge in [-0.05, 0) is 29.0 Å². The first kappa shape index (κ1) is 10.7. The molecule has 1 aromatic heterocycles. The average Bonchev–Trinajstić information content (AvgIpc) is 2.13. The molecule has 0 saturated heterocycles. The molecule has 4 heteroatoms. The molecule has 0 unspecified atom stereocenters. The zero-order valence-corrected chi connectivity index (χ0v) is 10.0. The number of aromatic nitrogens is 2. The molecule has 1 heterocycles. The Morgan fingerprint density at radius 3 is 2.69 bits per heavy atom. The molecular weight excluding hydrogens is 279 g/mol. The van der Waals surface area contributed by atoms with E-state index in [9.17, 15) is 4.79 Å². The molecule has 1 rings (SSSR count). The third-order valence-electron chi connectivity index (χ3n) is 1.80. The molecule has 0 aliphatic heterocycles. The van der Waals surface area contributed by atoms with Crippen molar-refractivity contribution < 1.29 is 0 Å². The first-order chi connectivity index (χ1) is 6.19. The quantitative estimate of drug-likeness (QED) is 0.865. The summed E-state index contributed by atoms with van der Waals surface area (Å²) in [6.07, 6.45) is 2.69. The van der Waals surface area contributed by atoms with Gasteiger partial charge in [0.2, 0.25) is 0 Å². The lowest BCUT2D eigenvalue weighted by atomic mass is 10.2. The Morgan fingerprint density at radius 2 is 2.15 bits per heavy atom. The summed E-state index contributed by atoms with van der Waals surface area (Å²) in [5, 5.41) is 0. The Balaban J connectivity index is 3.17. The van der Waals surface area contributed by atoms with E-state index >= 15 is 0 Å². The number of rotatable bonds is 3. The van der Waals surface area contributed by atoms with Gasteiger partial charge in [0.25, 0.3) is 5.56 Å². The summed E-state index contributed by atoms with van der Waals surface area (Å²) in [6, 6.07) is 0. The lowest BCUT2D eigenvalue weighted by molar-refractivity contribution is 0.814. The number of aromatic amines is 1. The molecule has 0 fully saturated rings. The zero-order chi connectivity index (χ0) is 9.84. The molecular formula is C9H13IN2O. The molecule has 0 radical (unpaired) electrons. The van der Waals surface area contributed by atoms with E-state index < -0.39 is 0 Å². The summed E-state index contributed by atoms with van der Waals surface area (Å²) >= 11 is 2.06. The van der Waals surface area contributed by atoms with Crippen LogP contribution in [0.15, 0.2) is 4.79 Å². The van der Waals surface area contributed by atoms with Crippen LogP contribution < -0.4 is 5.56 Å². The number of hydrogen-bond donors (Lipinski definition) is 1. The Labute approximate surface area is 91.1 Å². The standard InChI is InChI=1S/C9H13IN2O/c1-3-5-6-8(10)9(13)12-7(4-2)11-6/h3-5H2,1-2H3,(H,11,12,13). The van der Waals surface area contributed by atoms with Gasteiger partial charge in [0, 0.05) is 6.42 Å². The Bertz CT molecular complexity index is 346. The van der Waals surface area contributed by atoms with Crippen molar-refractivity contribution in [1.29, 1.82) is 0 Å². The molecule has 1 aromatic rings. The molecule has 0 aliphatic carbocycles. The van der Waals surface area contributed by atoms with Crippen molar-refractivity contribution in [3.8, 4) is 0 Å². The first-order valence-corrected chi connectivity index (χ1v) is 5.54. The van der Waals surface area contributed by atoms with Crippen LogP contribution in [0.2, 0.25) is 0 Å². The van der Waals surface area contributed by atoms with Crippen LogP contribution in [0.4, 0.5) is 0 Å².